The van der Waals surface area contributed by atoms with Crippen molar-refractivity contribution in [2.75, 3.05) is 7.11 Å². The lowest BCUT2D eigenvalue weighted by Gasteiger charge is -2.09. The molecule has 0 bridgehead atoms. The van der Waals surface area contributed by atoms with E-state index < -0.39 is 0 Å². The predicted molar refractivity (Wildman–Crippen MR) is 84.3 cm³/mol. The highest BCUT2D eigenvalue weighted by atomic mass is 16.5. The topological polar surface area (TPSA) is 61.0 Å². The number of ether oxygens (including phenoxy) is 1. The van der Waals surface area contributed by atoms with Gasteiger partial charge in [0, 0.05) is 24.4 Å². The molecule has 0 radical (unpaired) electrons. The van der Waals surface area contributed by atoms with Crippen molar-refractivity contribution in [1.82, 2.24) is 15.1 Å². The predicted octanol–water partition coefficient (Wildman–Crippen LogP) is 3.14. The summed E-state index contributed by atoms with van der Waals surface area (Å²) < 4.78 is 10.9. The average molecular weight is 307 g/mol. The molecule has 0 spiro atoms. The van der Waals surface area contributed by atoms with Crippen LogP contribution in [0.2, 0.25) is 0 Å². The molecule has 1 aliphatic rings. The van der Waals surface area contributed by atoms with Crippen LogP contribution in [0.3, 0.4) is 0 Å². The number of pyridine rings is 1. The average Bonchev–Trinajstić information content (AvgIpc) is 3.29. The Balaban J connectivity index is 1.60. The van der Waals surface area contributed by atoms with Gasteiger partial charge in [0.05, 0.1) is 12.5 Å². The molecule has 23 heavy (non-hydrogen) atoms. The Labute approximate surface area is 134 Å². The standard InChI is InChI=1S/C18H17N3O2/c1-22-15-7-3-2-5-13(15)11-16-20-17(23-21-16)18(8-9-18)14-6-4-10-19-12-14/h2-7,10,12H,8-9,11H2,1H3. The summed E-state index contributed by atoms with van der Waals surface area (Å²) in [7, 11) is 1.67. The van der Waals surface area contributed by atoms with Crippen molar-refractivity contribution >= 4 is 0 Å². The first kappa shape index (κ1) is 13.9. The van der Waals surface area contributed by atoms with E-state index in [1.165, 1.54) is 0 Å². The van der Waals surface area contributed by atoms with Crippen molar-refractivity contribution in [3.05, 3.63) is 71.6 Å². The van der Waals surface area contributed by atoms with Gasteiger partial charge >= 0.3 is 0 Å². The molecule has 0 saturated heterocycles. The Bertz CT molecular complexity index is 810. The highest BCUT2D eigenvalue weighted by Crippen LogP contribution is 2.52. The highest BCUT2D eigenvalue weighted by molar-refractivity contribution is 5.38. The summed E-state index contributed by atoms with van der Waals surface area (Å²) in [6.07, 6.45) is 6.30. The molecule has 0 aliphatic heterocycles. The number of hydrogen-bond acceptors (Lipinski definition) is 5. The number of aromatic nitrogens is 3. The molecule has 1 saturated carbocycles. The molecule has 0 amide bonds. The quantitative estimate of drug-likeness (QED) is 0.724. The fourth-order valence-corrected chi connectivity index (χ4v) is 2.94. The molecule has 5 nitrogen and oxygen atoms in total. The largest absolute Gasteiger partial charge is 0.496 e. The molecule has 4 rings (SSSR count). The van der Waals surface area contributed by atoms with E-state index in [0.29, 0.717) is 18.1 Å². The van der Waals surface area contributed by atoms with Crippen molar-refractivity contribution in [3.8, 4) is 5.75 Å². The molecule has 2 heterocycles. The number of benzene rings is 1. The van der Waals surface area contributed by atoms with Gasteiger partial charge in [-0.3, -0.25) is 4.98 Å². The van der Waals surface area contributed by atoms with Crippen LogP contribution in [0.15, 0.2) is 53.3 Å². The minimum atomic E-state index is -0.139. The van der Waals surface area contributed by atoms with E-state index in [1.54, 1.807) is 13.3 Å². The zero-order valence-electron chi connectivity index (χ0n) is 12.9. The SMILES string of the molecule is COc1ccccc1Cc1noc(C2(c3cccnc3)CC2)n1. The van der Waals surface area contributed by atoms with Crippen molar-refractivity contribution in [2.24, 2.45) is 0 Å². The maximum Gasteiger partial charge on any atom is 0.237 e. The van der Waals surface area contributed by atoms with Crippen LogP contribution >= 0.6 is 0 Å². The Kier molecular flexibility index (Phi) is 3.33. The van der Waals surface area contributed by atoms with Gasteiger partial charge in [0.2, 0.25) is 5.89 Å². The first-order valence-electron chi connectivity index (χ1n) is 7.67. The van der Waals surface area contributed by atoms with E-state index >= 15 is 0 Å². The lowest BCUT2D eigenvalue weighted by molar-refractivity contribution is 0.355. The molecule has 1 aliphatic carbocycles. The molecule has 5 heteroatoms. The van der Waals surface area contributed by atoms with Crippen molar-refractivity contribution < 1.29 is 9.26 Å². The van der Waals surface area contributed by atoms with Crippen molar-refractivity contribution in [2.45, 2.75) is 24.7 Å². The molecule has 1 fully saturated rings. The lowest BCUT2D eigenvalue weighted by atomic mass is 9.98. The summed E-state index contributed by atoms with van der Waals surface area (Å²) in [5, 5.41) is 4.16. The summed E-state index contributed by atoms with van der Waals surface area (Å²) in [4.78, 5) is 8.84. The summed E-state index contributed by atoms with van der Waals surface area (Å²) in [6.45, 7) is 0. The van der Waals surface area contributed by atoms with Gasteiger partial charge in [-0.25, -0.2) is 0 Å². The normalized spacial score (nSPS) is 15.3. The minimum Gasteiger partial charge on any atom is -0.496 e. The van der Waals surface area contributed by atoms with E-state index in [2.05, 4.69) is 21.2 Å². The first-order chi connectivity index (χ1) is 11.3. The highest BCUT2D eigenvalue weighted by Gasteiger charge is 2.51. The molecule has 116 valence electrons. The zero-order chi connectivity index (χ0) is 15.7. The Hall–Kier alpha value is -2.69. The second kappa shape index (κ2) is 5.50. The number of rotatable bonds is 5. The smallest absolute Gasteiger partial charge is 0.237 e. The van der Waals surface area contributed by atoms with E-state index in [4.69, 9.17) is 9.26 Å². The van der Waals surface area contributed by atoms with E-state index in [-0.39, 0.29) is 5.41 Å². The van der Waals surface area contributed by atoms with Crippen molar-refractivity contribution in [1.29, 1.82) is 0 Å². The van der Waals surface area contributed by atoms with Gasteiger partial charge in [-0.1, -0.05) is 29.4 Å². The molecule has 3 aromatic rings. The van der Waals surface area contributed by atoms with Crippen LogP contribution in [0, 0.1) is 0 Å². The van der Waals surface area contributed by atoms with Gasteiger partial charge in [-0.15, -0.1) is 0 Å². The first-order valence-corrected chi connectivity index (χ1v) is 7.67. The molecular weight excluding hydrogens is 290 g/mol. The Morgan fingerprint density at radius 2 is 2.04 bits per heavy atom. The maximum absolute atomic E-state index is 5.56. The van der Waals surface area contributed by atoms with E-state index in [0.717, 1.165) is 29.7 Å². The summed E-state index contributed by atoms with van der Waals surface area (Å²) in [5.41, 5.74) is 2.06. The van der Waals surface area contributed by atoms with E-state index in [9.17, 15) is 0 Å². The Morgan fingerprint density at radius 3 is 2.78 bits per heavy atom. The fraction of sp³-hybridized carbons (Fsp3) is 0.278. The monoisotopic (exact) mass is 307 g/mol. The van der Waals surface area contributed by atoms with Crippen LogP contribution in [0.4, 0.5) is 0 Å². The molecule has 0 N–H and O–H groups in total. The third-order valence-corrected chi connectivity index (χ3v) is 4.38. The number of hydrogen-bond donors (Lipinski definition) is 0. The summed E-state index contributed by atoms with van der Waals surface area (Å²) in [6, 6.07) is 11.9. The van der Waals surface area contributed by atoms with Gasteiger partial charge < -0.3 is 9.26 Å². The van der Waals surface area contributed by atoms with E-state index in [1.807, 2.05) is 36.5 Å². The van der Waals surface area contributed by atoms with Crippen LogP contribution < -0.4 is 4.74 Å². The van der Waals surface area contributed by atoms with Gasteiger partial charge in [0.15, 0.2) is 5.82 Å². The van der Waals surface area contributed by atoms with Crippen LogP contribution in [0.25, 0.3) is 0 Å². The summed E-state index contributed by atoms with van der Waals surface area (Å²) >= 11 is 0. The van der Waals surface area contributed by atoms with Crippen LogP contribution in [0.1, 0.15) is 35.7 Å². The second-order valence-electron chi connectivity index (χ2n) is 5.83. The van der Waals surface area contributed by atoms with Gasteiger partial charge in [0.25, 0.3) is 0 Å². The fourth-order valence-electron chi connectivity index (χ4n) is 2.94. The van der Waals surface area contributed by atoms with Gasteiger partial charge in [-0.05, 0) is 30.5 Å². The van der Waals surface area contributed by atoms with Gasteiger partial charge in [-0.2, -0.15) is 4.98 Å². The number of methoxy groups -OCH3 is 1. The maximum atomic E-state index is 5.56. The molecule has 2 aromatic heterocycles. The zero-order valence-corrected chi connectivity index (χ0v) is 12.9. The Morgan fingerprint density at radius 1 is 1.17 bits per heavy atom. The van der Waals surface area contributed by atoms with Crippen LogP contribution in [-0.2, 0) is 11.8 Å². The number of para-hydroxylation sites is 1. The molecule has 0 unspecified atom stereocenters. The van der Waals surface area contributed by atoms with Crippen molar-refractivity contribution in [3.63, 3.8) is 0 Å². The molecule has 0 atom stereocenters. The molecular formula is C18H17N3O2. The third-order valence-electron chi connectivity index (χ3n) is 4.38. The van der Waals surface area contributed by atoms with Gasteiger partial charge in [0.1, 0.15) is 5.75 Å². The summed E-state index contributed by atoms with van der Waals surface area (Å²) in [5.74, 6) is 2.21. The third kappa shape index (κ3) is 2.48. The second-order valence-corrected chi connectivity index (χ2v) is 5.83. The van der Waals surface area contributed by atoms with Crippen LogP contribution in [-0.4, -0.2) is 22.2 Å². The van der Waals surface area contributed by atoms with Crippen LogP contribution in [0.5, 0.6) is 5.75 Å². The minimum absolute atomic E-state index is 0.139. The molecule has 1 aromatic carbocycles. The number of nitrogens with zero attached hydrogens (tertiary/aromatic N) is 3. The lowest BCUT2D eigenvalue weighted by Crippen LogP contribution is -2.09.